The van der Waals surface area contributed by atoms with Crippen LogP contribution in [0.4, 0.5) is 9.18 Å². The first kappa shape index (κ1) is 24.5. The number of rotatable bonds is 5. The highest BCUT2D eigenvalue weighted by atomic mass is 19.1. The molecular formula is C29H33FN2O4. The van der Waals surface area contributed by atoms with Gasteiger partial charge in [-0.15, -0.1) is 0 Å². The van der Waals surface area contributed by atoms with E-state index in [4.69, 9.17) is 9.47 Å². The van der Waals surface area contributed by atoms with E-state index >= 15 is 0 Å². The van der Waals surface area contributed by atoms with Crippen molar-refractivity contribution < 1.29 is 23.5 Å². The molecule has 1 saturated heterocycles. The number of benzene rings is 1. The van der Waals surface area contributed by atoms with E-state index in [0.29, 0.717) is 18.4 Å². The van der Waals surface area contributed by atoms with Gasteiger partial charge in [0.2, 0.25) is 0 Å². The number of pyridine rings is 1. The molecule has 36 heavy (non-hydrogen) atoms. The highest BCUT2D eigenvalue weighted by Gasteiger charge is 2.54. The Balaban J connectivity index is 1.34. The van der Waals surface area contributed by atoms with Crippen molar-refractivity contribution >= 4 is 18.1 Å². The van der Waals surface area contributed by atoms with Gasteiger partial charge >= 0.3 is 12.1 Å². The van der Waals surface area contributed by atoms with E-state index in [1.54, 1.807) is 19.2 Å². The maximum atomic E-state index is 13.6. The van der Waals surface area contributed by atoms with Crippen molar-refractivity contribution in [3.8, 4) is 11.1 Å². The van der Waals surface area contributed by atoms with Crippen molar-refractivity contribution in [3.63, 3.8) is 0 Å². The van der Waals surface area contributed by atoms with Crippen LogP contribution in [0, 0.1) is 35.4 Å². The third-order valence-corrected chi connectivity index (χ3v) is 8.18. The fourth-order valence-electron chi connectivity index (χ4n) is 6.64. The Morgan fingerprint density at radius 3 is 2.83 bits per heavy atom. The standard InChI is InChI=1S/C29H33FN2O4/c1-3-35-29(34)32-23-10-11-24-20(14-23)15-26-27(17(2)36-28(26)33)25(24)12-9-22-8-7-19(16-31-22)18-5-4-6-21(30)13-18/h4-9,12-13,16-17,20,23-27H,3,10-11,14-15H2,1-2H3,(H,32,34)/b12-9+/t17-,20-,23+,24+,25-,26-,27-/m1/s1. The molecule has 3 aliphatic rings. The third kappa shape index (κ3) is 5.01. The number of cyclic esters (lactones) is 1. The number of alkyl carbamates (subject to hydrolysis) is 1. The summed E-state index contributed by atoms with van der Waals surface area (Å²) < 4.78 is 24.3. The summed E-state index contributed by atoms with van der Waals surface area (Å²) in [4.78, 5) is 29.2. The molecule has 7 atom stereocenters. The molecule has 0 radical (unpaired) electrons. The number of hydrogen-bond acceptors (Lipinski definition) is 5. The molecule has 0 spiro atoms. The van der Waals surface area contributed by atoms with Crippen LogP contribution in [-0.2, 0) is 14.3 Å². The van der Waals surface area contributed by atoms with Gasteiger partial charge in [-0.05, 0) is 87.1 Å². The number of fused-ring (bicyclic) bond motifs is 2. The zero-order valence-corrected chi connectivity index (χ0v) is 20.7. The van der Waals surface area contributed by atoms with E-state index in [1.165, 1.54) is 12.1 Å². The van der Waals surface area contributed by atoms with Crippen molar-refractivity contribution in [2.24, 2.45) is 29.6 Å². The highest BCUT2D eigenvalue weighted by Crippen LogP contribution is 2.53. The minimum atomic E-state index is -0.368. The number of nitrogens with one attached hydrogen (secondary N) is 1. The Kier molecular flexibility index (Phi) is 7.08. The average Bonchev–Trinajstić information content (AvgIpc) is 3.15. The van der Waals surface area contributed by atoms with Crippen LogP contribution in [0.25, 0.3) is 17.2 Å². The zero-order valence-electron chi connectivity index (χ0n) is 20.7. The van der Waals surface area contributed by atoms with Gasteiger partial charge in [-0.3, -0.25) is 9.78 Å². The molecule has 1 N–H and O–H groups in total. The Labute approximate surface area is 211 Å². The molecule has 3 fully saturated rings. The lowest BCUT2D eigenvalue weighted by Gasteiger charge is -2.47. The topological polar surface area (TPSA) is 77.5 Å². The van der Waals surface area contributed by atoms with Crippen LogP contribution in [0.3, 0.4) is 0 Å². The molecule has 2 heterocycles. The van der Waals surface area contributed by atoms with E-state index in [0.717, 1.165) is 42.5 Å². The van der Waals surface area contributed by atoms with Crippen LogP contribution >= 0.6 is 0 Å². The van der Waals surface area contributed by atoms with Gasteiger partial charge in [-0.25, -0.2) is 9.18 Å². The second-order valence-electron chi connectivity index (χ2n) is 10.3. The monoisotopic (exact) mass is 492 g/mol. The molecule has 5 rings (SSSR count). The molecular weight excluding hydrogens is 459 g/mol. The fraction of sp³-hybridized carbons (Fsp3) is 0.483. The molecule has 7 heteroatoms. The third-order valence-electron chi connectivity index (χ3n) is 8.18. The maximum Gasteiger partial charge on any atom is 0.407 e. The second-order valence-corrected chi connectivity index (χ2v) is 10.3. The fourth-order valence-corrected chi connectivity index (χ4v) is 6.64. The van der Waals surface area contributed by atoms with E-state index < -0.39 is 0 Å². The summed E-state index contributed by atoms with van der Waals surface area (Å²) in [5, 5.41) is 3.00. The van der Waals surface area contributed by atoms with Crippen LogP contribution in [-0.4, -0.2) is 35.8 Å². The minimum absolute atomic E-state index is 0.0679. The van der Waals surface area contributed by atoms with E-state index in [1.807, 2.05) is 31.2 Å². The first-order chi connectivity index (χ1) is 17.4. The number of carbonyl (C=O) groups is 2. The first-order valence-electron chi connectivity index (χ1n) is 13.0. The quantitative estimate of drug-likeness (QED) is 0.548. The lowest BCUT2D eigenvalue weighted by atomic mass is 9.57. The number of esters is 1. The lowest BCUT2D eigenvalue weighted by molar-refractivity contribution is -0.144. The smallest absolute Gasteiger partial charge is 0.407 e. The van der Waals surface area contributed by atoms with Gasteiger partial charge in [0.15, 0.2) is 0 Å². The number of allylic oxidation sites excluding steroid dienone is 1. The summed E-state index contributed by atoms with van der Waals surface area (Å²) in [6.07, 6.45) is 9.07. The Morgan fingerprint density at radius 1 is 1.22 bits per heavy atom. The molecule has 2 aliphatic carbocycles. The first-order valence-corrected chi connectivity index (χ1v) is 13.0. The summed E-state index contributed by atoms with van der Waals surface area (Å²) in [5.41, 5.74) is 2.48. The summed E-state index contributed by atoms with van der Waals surface area (Å²) in [5.74, 6) is 0.629. The van der Waals surface area contributed by atoms with Crippen molar-refractivity contribution in [3.05, 3.63) is 60.2 Å². The molecule has 1 aliphatic heterocycles. The summed E-state index contributed by atoms with van der Waals surface area (Å²) in [6, 6.07) is 10.4. The minimum Gasteiger partial charge on any atom is -0.462 e. The van der Waals surface area contributed by atoms with E-state index in [2.05, 4.69) is 16.4 Å². The molecule has 2 aromatic rings. The van der Waals surface area contributed by atoms with Gasteiger partial charge in [-0.1, -0.05) is 24.3 Å². The van der Waals surface area contributed by atoms with Crippen LogP contribution in [0.1, 0.15) is 45.2 Å². The SMILES string of the molecule is CCOC(=O)N[C@H]1CC[C@H]2[C@H](C1)C[C@H]1C(=O)O[C@H](C)[C@@H]1[C@@H]2/C=C/c1ccc(-c2cccc(F)c2)cn1. The molecule has 1 aromatic heterocycles. The van der Waals surface area contributed by atoms with Crippen molar-refractivity contribution in [2.75, 3.05) is 6.61 Å². The van der Waals surface area contributed by atoms with Crippen molar-refractivity contribution in [1.29, 1.82) is 0 Å². The summed E-state index contributed by atoms with van der Waals surface area (Å²) in [6.45, 7) is 4.15. The van der Waals surface area contributed by atoms with Crippen LogP contribution in [0.15, 0.2) is 48.7 Å². The summed E-state index contributed by atoms with van der Waals surface area (Å²) >= 11 is 0. The van der Waals surface area contributed by atoms with Gasteiger partial charge in [0, 0.05) is 23.7 Å². The van der Waals surface area contributed by atoms with Gasteiger partial charge in [-0.2, -0.15) is 0 Å². The van der Waals surface area contributed by atoms with Gasteiger partial charge in [0.1, 0.15) is 11.9 Å². The summed E-state index contributed by atoms with van der Waals surface area (Å²) in [7, 11) is 0. The second kappa shape index (κ2) is 10.4. The number of hydrogen-bond donors (Lipinski definition) is 1. The number of halogens is 1. The van der Waals surface area contributed by atoms with E-state index in [9.17, 15) is 14.0 Å². The molecule has 190 valence electrons. The molecule has 6 nitrogen and oxygen atoms in total. The molecule has 0 unspecified atom stereocenters. The van der Waals surface area contributed by atoms with Gasteiger partial charge in [0.25, 0.3) is 0 Å². The largest absolute Gasteiger partial charge is 0.462 e. The maximum absolute atomic E-state index is 13.6. The zero-order chi connectivity index (χ0) is 25.2. The van der Waals surface area contributed by atoms with Crippen molar-refractivity contribution in [1.82, 2.24) is 10.3 Å². The Hall–Kier alpha value is -3.22. The average molecular weight is 493 g/mol. The Morgan fingerprint density at radius 2 is 2.08 bits per heavy atom. The van der Waals surface area contributed by atoms with Gasteiger partial charge in [0.05, 0.1) is 18.2 Å². The number of carbonyl (C=O) groups excluding carboxylic acids is 2. The highest BCUT2D eigenvalue weighted by molar-refractivity contribution is 5.75. The predicted molar refractivity (Wildman–Crippen MR) is 134 cm³/mol. The lowest BCUT2D eigenvalue weighted by Crippen LogP contribution is -2.48. The molecule has 0 bridgehead atoms. The number of nitrogens with zero attached hydrogens (tertiary/aromatic N) is 1. The van der Waals surface area contributed by atoms with Crippen molar-refractivity contribution in [2.45, 2.75) is 51.7 Å². The van der Waals surface area contributed by atoms with Gasteiger partial charge < -0.3 is 14.8 Å². The number of ether oxygens (including phenoxy) is 2. The van der Waals surface area contributed by atoms with Crippen LogP contribution in [0.5, 0.6) is 0 Å². The molecule has 1 amide bonds. The predicted octanol–water partition coefficient (Wildman–Crippen LogP) is 5.63. The normalized spacial score (nSPS) is 31.4. The Bertz CT molecular complexity index is 1130. The molecule has 2 saturated carbocycles. The number of aromatic nitrogens is 1. The van der Waals surface area contributed by atoms with E-state index in [-0.39, 0.29) is 47.8 Å². The number of amides is 1. The van der Waals surface area contributed by atoms with Crippen LogP contribution < -0.4 is 5.32 Å². The molecule has 1 aromatic carbocycles. The van der Waals surface area contributed by atoms with Crippen LogP contribution in [0.2, 0.25) is 0 Å².